The number of hydrogen-bond donors (Lipinski definition) is 0. The number of carbonyl (C=O) groups excluding carboxylic acids is 1. The van der Waals surface area contributed by atoms with Crippen LogP contribution in [0.5, 0.6) is 5.75 Å². The summed E-state index contributed by atoms with van der Waals surface area (Å²) in [6.07, 6.45) is 1.34. The third kappa shape index (κ3) is 1.05. The maximum absolute atomic E-state index is 12.6. The minimum absolute atomic E-state index is 0.0868. The molecule has 0 saturated heterocycles. The van der Waals surface area contributed by atoms with E-state index in [2.05, 4.69) is 4.98 Å². The predicted octanol–water partition coefficient (Wildman–Crippen LogP) is 1.19. The van der Waals surface area contributed by atoms with Crippen molar-refractivity contribution < 1.29 is 13.9 Å². The van der Waals surface area contributed by atoms with Crippen molar-refractivity contribution in [3.63, 3.8) is 0 Å². The van der Waals surface area contributed by atoms with Gasteiger partial charge in [-0.1, -0.05) is 0 Å². The number of rotatable bonds is 0. The molecule has 1 aromatic heterocycles. The lowest BCUT2D eigenvalue weighted by molar-refractivity contribution is 0.0926. The first-order chi connectivity index (χ1) is 5.77. The zero-order chi connectivity index (χ0) is 8.55. The second-order valence-corrected chi connectivity index (χ2v) is 2.52. The zero-order valence-electron chi connectivity index (χ0n) is 6.21. The standard InChI is InChI=1S/C8H6FNO2/c9-5-3-7-8(10-4-5)6(11)1-2-12-7/h3-4H,1-2H2. The Bertz CT molecular complexity index is 338. The van der Waals surface area contributed by atoms with Gasteiger partial charge in [0.25, 0.3) is 0 Å². The summed E-state index contributed by atoms with van der Waals surface area (Å²) in [6, 6.07) is 1.18. The normalized spacial score (nSPS) is 15.2. The van der Waals surface area contributed by atoms with Crippen LogP contribution < -0.4 is 4.74 Å². The molecule has 1 aliphatic rings. The molecule has 0 amide bonds. The molecule has 0 saturated carbocycles. The number of nitrogens with zero attached hydrogens (tertiary/aromatic N) is 1. The number of halogens is 1. The van der Waals surface area contributed by atoms with Gasteiger partial charge in [0.1, 0.15) is 11.5 Å². The van der Waals surface area contributed by atoms with Crippen molar-refractivity contribution in [1.82, 2.24) is 4.98 Å². The summed E-state index contributed by atoms with van der Waals surface area (Å²) in [6.45, 7) is 0.316. The highest BCUT2D eigenvalue weighted by molar-refractivity contribution is 5.97. The fourth-order valence-corrected chi connectivity index (χ4v) is 1.11. The molecule has 1 aromatic rings. The zero-order valence-corrected chi connectivity index (χ0v) is 6.21. The van der Waals surface area contributed by atoms with Crippen molar-refractivity contribution in [2.45, 2.75) is 6.42 Å². The number of pyridine rings is 1. The lowest BCUT2D eigenvalue weighted by atomic mass is 10.1. The van der Waals surface area contributed by atoms with Gasteiger partial charge < -0.3 is 4.74 Å². The van der Waals surface area contributed by atoms with Gasteiger partial charge in [-0.05, 0) is 0 Å². The Hall–Kier alpha value is -1.45. The van der Waals surface area contributed by atoms with Crippen LogP contribution in [0, 0.1) is 5.82 Å². The molecule has 0 fully saturated rings. The number of hydrogen-bond acceptors (Lipinski definition) is 3. The Morgan fingerprint density at radius 1 is 1.58 bits per heavy atom. The summed E-state index contributed by atoms with van der Waals surface area (Å²) in [5.74, 6) is -0.314. The molecule has 1 aliphatic heterocycles. The maximum Gasteiger partial charge on any atom is 0.188 e. The van der Waals surface area contributed by atoms with E-state index in [1.54, 1.807) is 0 Å². The van der Waals surface area contributed by atoms with Crippen LogP contribution in [-0.2, 0) is 0 Å². The fourth-order valence-electron chi connectivity index (χ4n) is 1.11. The lowest BCUT2D eigenvalue weighted by Crippen LogP contribution is -2.16. The van der Waals surface area contributed by atoms with Crippen LogP contribution >= 0.6 is 0 Å². The molecule has 0 aromatic carbocycles. The largest absolute Gasteiger partial charge is 0.491 e. The van der Waals surface area contributed by atoms with Crippen LogP contribution in [0.3, 0.4) is 0 Å². The van der Waals surface area contributed by atoms with Crippen molar-refractivity contribution in [1.29, 1.82) is 0 Å². The van der Waals surface area contributed by atoms with E-state index in [0.717, 1.165) is 6.20 Å². The van der Waals surface area contributed by atoms with E-state index < -0.39 is 5.82 Å². The first-order valence-electron chi connectivity index (χ1n) is 3.59. The van der Waals surface area contributed by atoms with Gasteiger partial charge in [0.2, 0.25) is 0 Å². The average molecular weight is 167 g/mol. The van der Waals surface area contributed by atoms with Crippen molar-refractivity contribution in [3.8, 4) is 5.75 Å². The van der Waals surface area contributed by atoms with E-state index >= 15 is 0 Å². The molecule has 0 aliphatic carbocycles. The fraction of sp³-hybridized carbons (Fsp3) is 0.250. The molecule has 2 heterocycles. The molecule has 0 unspecified atom stereocenters. The maximum atomic E-state index is 12.6. The molecule has 0 bridgehead atoms. The SMILES string of the molecule is O=C1CCOc2cc(F)cnc21. The Morgan fingerprint density at radius 3 is 3.25 bits per heavy atom. The van der Waals surface area contributed by atoms with E-state index in [4.69, 9.17) is 4.74 Å². The van der Waals surface area contributed by atoms with E-state index in [-0.39, 0.29) is 17.2 Å². The average Bonchev–Trinajstić information content (AvgIpc) is 2.04. The summed E-state index contributed by atoms with van der Waals surface area (Å²) < 4.78 is 17.6. The van der Waals surface area contributed by atoms with Gasteiger partial charge in [-0.2, -0.15) is 0 Å². The number of Topliss-reactive ketones (excluding diaryl/α,β-unsaturated/α-hetero) is 1. The highest BCUT2D eigenvalue weighted by Gasteiger charge is 2.19. The van der Waals surface area contributed by atoms with E-state index in [0.29, 0.717) is 13.0 Å². The topological polar surface area (TPSA) is 39.2 Å². The van der Waals surface area contributed by atoms with Crippen molar-refractivity contribution in [3.05, 3.63) is 23.8 Å². The van der Waals surface area contributed by atoms with Gasteiger partial charge >= 0.3 is 0 Å². The van der Waals surface area contributed by atoms with E-state index in [1.165, 1.54) is 6.07 Å². The van der Waals surface area contributed by atoms with Gasteiger partial charge in [-0.15, -0.1) is 0 Å². The summed E-state index contributed by atoms with van der Waals surface area (Å²) in [5, 5.41) is 0. The summed E-state index contributed by atoms with van der Waals surface area (Å²) in [7, 11) is 0. The van der Waals surface area contributed by atoms with Crippen molar-refractivity contribution in [2.75, 3.05) is 6.61 Å². The molecule has 0 atom stereocenters. The van der Waals surface area contributed by atoms with E-state index in [9.17, 15) is 9.18 Å². The minimum Gasteiger partial charge on any atom is -0.491 e. The van der Waals surface area contributed by atoms with Crippen LogP contribution in [0.15, 0.2) is 12.3 Å². The number of aromatic nitrogens is 1. The molecule has 12 heavy (non-hydrogen) atoms. The smallest absolute Gasteiger partial charge is 0.188 e. The summed E-state index contributed by atoms with van der Waals surface area (Å²) in [4.78, 5) is 14.8. The predicted molar refractivity (Wildman–Crippen MR) is 38.6 cm³/mol. The van der Waals surface area contributed by atoms with Crippen LogP contribution in [0.4, 0.5) is 4.39 Å². The first kappa shape index (κ1) is 7.21. The third-order valence-corrected chi connectivity index (χ3v) is 1.67. The molecule has 2 rings (SSSR count). The van der Waals surface area contributed by atoms with Crippen LogP contribution in [0.1, 0.15) is 16.9 Å². The molecule has 4 heteroatoms. The third-order valence-electron chi connectivity index (χ3n) is 1.67. The van der Waals surface area contributed by atoms with Gasteiger partial charge in [-0.25, -0.2) is 9.37 Å². The first-order valence-corrected chi connectivity index (χ1v) is 3.59. The monoisotopic (exact) mass is 167 g/mol. The molecular weight excluding hydrogens is 161 g/mol. The molecule has 3 nitrogen and oxygen atoms in total. The van der Waals surface area contributed by atoms with E-state index in [1.807, 2.05) is 0 Å². The van der Waals surface area contributed by atoms with Gasteiger partial charge in [0, 0.05) is 12.5 Å². The van der Waals surface area contributed by atoms with Crippen molar-refractivity contribution >= 4 is 5.78 Å². The minimum atomic E-state index is -0.483. The summed E-state index contributed by atoms with van der Waals surface area (Å²) >= 11 is 0. The Kier molecular flexibility index (Phi) is 1.53. The molecule has 0 spiro atoms. The quantitative estimate of drug-likeness (QED) is 0.582. The molecule has 0 radical (unpaired) electrons. The summed E-state index contributed by atoms with van der Waals surface area (Å²) in [5.41, 5.74) is 0.239. The van der Waals surface area contributed by atoms with Crippen LogP contribution in [-0.4, -0.2) is 17.4 Å². The van der Waals surface area contributed by atoms with Gasteiger partial charge in [0.15, 0.2) is 11.5 Å². The van der Waals surface area contributed by atoms with Gasteiger partial charge in [-0.3, -0.25) is 4.79 Å². The number of fused-ring (bicyclic) bond motifs is 1. The van der Waals surface area contributed by atoms with Gasteiger partial charge in [0.05, 0.1) is 12.8 Å². The highest BCUT2D eigenvalue weighted by Crippen LogP contribution is 2.22. The lowest BCUT2D eigenvalue weighted by Gasteiger charge is -2.14. The highest BCUT2D eigenvalue weighted by atomic mass is 19.1. The van der Waals surface area contributed by atoms with Crippen LogP contribution in [0.2, 0.25) is 0 Å². The molecule has 0 N–H and O–H groups in total. The van der Waals surface area contributed by atoms with Crippen LogP contribution in [0.25, 0.3) is 0 Å². The Morgan fingerprint density at radius 2 is 2.42 bits per heavy atom. The second-order valence-electron chi connectivity index (χ2n) is 2.52. The number of ether oxygens (including phenoxy) is 1. The second kappa shape index (κ2) is 2.55. The molecular formula is C8H6FNO2. The Labute approximate surface area is 68.2 Å². The molecule has 62 valence electrons. The number of carbonyl (C=O) groups is 1. The Balaban J connectivity index is 2.53. The number of ketones is 1. The van der Waals surface area contributed by atoms with Crippen molar-refractivity contribution in [2.24, 2.45) is 0 Å².